The number of morpholine rings is 1. The zero-order valence-electron chi connectivity index (χ0n) is 18.4. The van der Waals surface area contributed by atoms with Gasteiger partial charge in [0.05, 0.1) is 22.5 Å². The zero-order chi connectivity index (χ0) is 22.5. The third-order valence-corrected chi connectivity index (χ3v) is 8.36. The van der Waals surface area contributed by atoms with E-state index >= 15 is 0 Å². The Labute approximate surface area is 197 Å². The van der Waals surface area contributed by atoms with E-state index < -0.39 is 0 Å². The summed E-state index contributed by atoms with van der Waals surface area (Å²) >= 11 is 3.94. The van der Waals surface area contributed by atoms with Crippen molar-refractivity contribution < 1.29 is 18.7 Å². The molecule has 0 radical (unpaired) electrons. The Bertz CT molecular complexity index is 912. The minimum Gasteiger partial charge on any atom is -0.484 e. The first-order chi connectivity index (χ1) is 15.5. The highest BCUT2D eigenvalue weighted by atomic mass is 32.2. The van der Waals surface area contributed by atoms with Gasteiger partial charge in [-0.25, -0.2) is 4.39 Å². The minimum atomic E-state index is -0.362. The van der Waals surface area contributed by atoms with Gasteiger partial charge in [-0.1, -0.05) is 12.1 Å². The predicted molar refractivity (Wildman–Crippen MR) is 131 cm³/mol. The van der Waals surface area contributed by atoms with E-state index in [0.717, 1.165) is 0 Å². The van der Waals surface area contributed by atoms with E-state index in [1.807, 2.05) is 54.4 Å². The van der Waals surface area contributed by atoms with Crippen molar-refractivity contribution >= 4 is 40.8 Å². The lowest BCUT2D eigenvalue weighted by Crippen LogP contribution is -2.45. The van der Waals surface area contributed by atoms with Crippen molar-refractivity contribution in [2.45, 2.75) is 37.1 Å². The van der Waals surface area contributed by atoms with Crippen LogP contribution in [0.2, 0.25) is 0 Å². The molecule has 1 N–H and O–H groups in total. The molecule has 0 spiro atoms. The summed E-state index contributed by atoms with van der Waals surface area (Å²) in [7, 11) is 0. The average molecular weight is 477 g/mol. The number of amides is 1. The fourth-order valence-corrected chi connectivity index (χ4v) is 6.86. The van der Waals surface area contributed by atoms with E-state index in [0.29, 0.717) is 34.8 Å². The SMILES string of the molecule is CC1CN(c2ccc(NC(=O)COc3ccc(C4SCCCS4)cc3)cc2F)CC(C)O1. The molecule has 0 saturated carbocycles. The van der Waals surface area contributed by atoms with Gasteiger partial charge in [0, 0.05) is 18.8 Å². The first kappa shape index (κ1) is 23.3. The van der Waals surface area contributed by atoms with Crippen molar-refractivity contribution in [2.24, 2.45) is 0 Å². The lowest BCUT2D eigenvalue weighted by molar-refractivity contribution is -0.118. The number of thioether (sulfide) groups is 2. The molecule has 2 aliphatic rings. The van der Waals surface area contributed by atoms with Crippen molar-refractivity contribution in [2.75, 3.05) is 41.4 Å². The first-order valence-corrected chi connectivity index (χ1v) is 13.0. The molecule has 0 bridgehead atoms. The Morgan fingerprint density at radius 1 is 1.12 bits per heavy atom. The number of nitrogens with zero attached hydrogens (tertiary/aromatic N) is 1. The van der Waals surface area contributed by atoms with E-state index in [9.17, 15) is 9.18 Å². The van der Waals surface area contributed by atoms with Gasteiger partial charge in [-0.05, 0) is 67.7 Å². The van der Waals surface area contributed by atoms with Crippen molar-refractivity contribution in [1.29, 1.82) is 0 Å². The number of nitrogens with one attached hydrogen (secondary N) is 1. The van der Waals surface area contributed by atoms with Crippen LogP contribution < -0.4 is 15.0 Å². The van der Waals surface area contributed by atoms with Crippen molar-refractivity contribution in [3.8, 4) is 5.75 Å². The quantitative estimate of drug-likeness (QED) is 0.609. The molecular weight excluding hydrogens is 447 g/mol. The molecule has 1 amide bonds. The van der Waals surface area contributed by atoms with Crippen LogP contribution in [0.5, 0.6) is 5.75 Å². The maximum absolute atomic E-state index is 14.7. The number of hydrogen-bond acceptors (Lipinski definition) is 6. The Balaban J connectivity index is 1.29. The fourth-order valence-electron chi connectivity index (χ4n) is 3.96. The van der Waals surface area contributed by atoms with Crippen LogP contribution in [0.3, 0.4) is 0 Å². The number of halogens is 1. The maximum atomic E-state index is 14.7. The molecule has 8 heteroatoms. The van der Waals surface area contributed by atoms with E-state index in [4.69, 9.17) is 9.47 Å². The molecule has 2 atom stereocenters. The van der Waals surface area contributed by atoms with E-state index in [1.54, 1.807) is 12.1 Å². The van der Waals surface area contributed by atoms with Crippen LogP contribution in [0.4, 0.5) is 15.8 Å². The normalized spacial score (nSPS) is 21.9. The highest BCUT2D eigenvalue weighted by molar-refractivity contribution is 8.16. The van der Waals surface area contributed by atoms with Crippen LogP contribution in [0.15, 0.2) is 42.5 Å². The summed E-state index contributed by atoms with van der Waals surface area (Å²) in [5.41, 5.74) is 2.21. The van der Waals surface area contributed by atoms with Gasteiger partial charge in [0.25, 0.3) is 5.91 Å². The van der Waals surface area contributed by atoms with Gasteiger partial charge in [-0.15, -0.1) is 23.5 Å². The van der Waals surface area contributed by atoms with Crippen LogP contribution in [0.25, 0.3) is 0 Å². The number of carbonyl (C=O) groups is 1. The number of anilines is 2. The second kappa shape index (κ2) is 10.8. The molecule has 2 heterocycles. The molecule has 0 aliphatic carbocycles. The van der Waals surface area contributed by atoms with Gasteiger partial charge in [-0.2, -0.15) is 0 Å². The number of hydrogen-bond donors (Lipinski definition) is 1. The third-order valence-electron chi connectivity index (χ3n) is 5.34. The van der Waals surface area contributed by atoms with Gasteiger partial charge in [-0.3, -0.25) is 4.79 Å². The van der Waals surface area contributed by atoms with Gasteiger partial charge >= 0.3 is 0 Å². The summed E-state index contributed by atoms with van der Waals surface area (Å²) in [6, 6.07) is 12.7. The molecule has 2 aliphatic heterocycles. The van der Waals surface area contributed by atoms with E-state index in [1.165, 1.54) is 29.6 Å². The summed E-state index contributed by atoms with van der Waals surface area (Å²) in [6.07, 6.45) is 1.35. The first-order valence-electron chi connectivity index (χ1n) is 10.9. The minimum absolute atomic E-state index is 0.0453. The van der Waals surface area contributed by atoms with Crippen molar-refractivity contribution in [3.05, 3.63) is 53.8 Å². The lowest BCUT2D eigenvalue weighted by Gasteiger charge is -2.37. The smallest absolute Gasteiger partial charge is 0.262 e. The largest absolute Gasteiger partial charge is 0.484 e. The van der Waals surface area contributed by atoms with Crippen LogP contribution in [-0.2, 0) is 9.53 Å². The van der Waals surface area contributed by atoms with Crippen LogP contribution in [0, 0.1) is 5.82 Å². The summed E-state index contributed by atoms with van der Waals surface area (Å²) in [5.74, 6) is 2.35. The highest BCUT2D eigenvalue weighted by Crippen LogP contribution is 2.43. The number of rotatable bonds is 6. The van der Waals surface area contributed by atoms with Crippen molar-refractivity contribution in [3.63, 3.8) is 0 Å². The van der Waals surface area contributed by atoms with Gasteiger partial charge in [0.15, 0.2) is 6.61 Å². The Morgan fingerprint density at radius 3 is 2.47 bits per heavy atom. The molecule has 2 fully saturated rings. The zero-order valence-corrected chi connectivity index (χ0v) is 20.0. The summed E-state index contributed by atoms with van der Waals surface area (Å²) < 4.78 is 26.5. The van der Waals surface area contributed by atoms with Gasteiger partial charge in [0.1, 0.15) is 11.6 Å². The average Bonchev–Trinajstić information content (AvgIpc) is 2.78. The summed E-state index contributed by atoms with van der Waals surface area (Å²) in [4.78, 5) is 14.3. The molecule has 172 valence electrons. The standard InChI is InChI=1S/C24H29FN2O3S2/c1-16-13-27(14-17(2)30-16)22-9-6-19(12-21(22)25)26-23(28)15-29-20-7-4-18(5-8-20)24-31-10-3-11-32-24/h4-9,12,16-17,24H,3,10-11,13-15H2,1-2H3,(H,26,28). The Morgan fingerprint density at radius 2 is 1.81 bits per heavy atom. The van der Waals surface area contributed by atoms with E-state index in [-0.39, 0.29) is 30.5 Å². The van der Waals surface area contributed by atoms with Gasteiger partial charge < -0.3 is 19.7 Å². The molecule has 32 heavy (non-hydrogen) atoms. The molecule has 4 rings (SSSR count). The molecule has 2 saturated heterocycles. The molecular formula is C24H29FN2O3S2. The summed E-state index contributed by atoms with van der Waals surface area (Å²) in [5, 5.41) is 2.71. The topological polar surface area (TPSA) is 50.8 Å². The maximum Gasteiger partial charge on any atom is 0.262 e. The van der Waals surface area contributed by atoms with E-state index in [2.05, 4.69) is 17.4 Å². The van der Waals surface area contributed by atoms with Crippen LogP contribution in [0.1, 0.15) is 30.4 Å². The predicted octanol–water partition coefficient (Wildman–Crippen LogP) is 5.33. The number of ether oxygens (including phenoxy) is 2. The molecule has 2 aromatic carbocycles. The highest BCUT2D eigenvalue weighted by Gasteiger charge is 2.24. The molecule has 2 aromatic rings. The Hall–Kier alpha value is -1.90. The van der Waals surface area contributed by atoms with Gasteiger partial charge in [0.2, 0.25) is 0 Å². The van der Waals surface area contributed by atoms with Crippen LogP contribution in [-0.4, -0.2) is 49.3 Å². The fraction of sp³-hybridized carbons (Fsp3) is 0.458. The molecule has 0 aromatic heterocycles. The third kappa shape index (κ3) is 6.11. The molecule has 5 nitrogen and oxygen atoms in total. The van der Waals surface area contributed by atoms with Crippen LogP contribution >= 0.6 is 23.5 Å². The van der Waals surface area contributed by atoms with Crippen molar-refractivity contribution in [1.82, 2.24) is 0 Å². The second-order valence-electron chi connectivity index (χ2n) is 8.16. The second-order valence-corrected chi connectivity index (χ2v) is 10.9. The molecule has 2 unspecified atom stereocenters. The monoisotopic (exact) mass is 476 g/mol. The lowest BCUT2D eigenvalue weighted by atomic mass is 10.2. The number of carbonyl (C=O) groups excluding carboxylic acids is 1. The Kier molecular flexibility index (Phi) is 7.86. The summed E-state index contributed by atoms with van der Waals surface area (Å²) in [6.45, 7) is 5.11. The number of benzene rings is 2.